The summed E-state index contributed by atoms with van der Waals surface area (Å²) in [6.45, 7) is 0.111. The van der Waals surface area contributed by atoms with Crippen LogP contribution in [0.1, 0.15) is 32.1 Å². The number of carbonyl (C=O) groups is 3. The van der Waals surface area contributed by atoms with Crippen LogP contribution in [0.2, 0.25) is 0 Å². The molecule has 0 spiro atoms. The van der Waals surface area contributed by atoms with E-state index < -0.39 is 0 Å². The van der Waals surface area contributed by atoms with Gasteiger partial charge in [0.25, 0.3) is 0 Å². The maximum absolute atomic E-state index is 12.7. The molecule has 2 aromatic heterocycles. The summed E-state index contributed by atoms with van der Waals surface area (Å²) in [6, 6.07) is 9.76. The van der Waals surface area contributed by atoms with Crippen LogP contribution >= 0.6 is 11.3 Å². The zero-order valence-electron chi connectivity index (χ0n) is 18.4. The lowest BCUT2D eigenvalue weighted by atomic mass is 9.81. The third-order valence-electron chi connectivity index (χ3n) is 6.44. The molecule has 1 N–H and O–H groups in total. The van der Waals surface area contributed by atoms with Crippen LogP contribution in [0.3, 0.4) is 0 Å². The Balaban J connectivity index is 1.31. The number of thiazole rings is 1. The Labute approximate surface area is 195 Å². The minimum absolute atomic E-state index is 0.0505. The lowest BCUT2D eigenvalue weighted by Gasteiger charge is -2.19. The second-order valence-corrected chi connectivity index (χ2v) is 9.55. The van der Waals surface area contributed by atoms with E-state index in [2.05, 4.69) is 15.3 Å². The number of benzene rings is 1. The number of imidazole rings is 1. The van der Waals surface area contributed by atoms with Gasteiger partial charge in [0.05, 0.1) is 22.4 Å². The summed E-state index contributed by atoms with van der Waals surface area (Å²) in [5, 5.41) is 3.32. The smallest absolute Gasteiger partial charge is 0.233 e. The molecule has 2 aliphatic rings. The third kappa shape index (κ3) is 4.08. The second kappa shape index (κ2) is 8.90. The molecule has 33 heavy (non-hydrogen) atoms. The molecule has 1 aliphatic carbocycles. The molecule has 3 aromatic rings. The minimum atomic E-state index is -0.273. The van der Waals surface area contributed by atoms with E-state index in [1.54, 1.807) is 6.20 Å². The van der Waals surface area contributed by atoms with Gasteiger partial charge < -0.3 is 9.88 Å². The normalized spacial score (nSPS) is 20.2. The first-order chi connectivity index (χ1) is 16.0. The van der Waals surface area contributed by atoms with Crippen LogP contribution in [-0.2, 0) is 21.4 Å². The highest BCUT2D eigenvalue weighted by Gasteiger charge is 2.47. The topological polar surface area (TPSA) is 97.2 Å². The maximum Gasteiger partial charge on any atom is 0.233 e. The highest BCUT2D eigenvalue weighted by molar-refractivity contribution is 7.19. The van der Waals surface area contributed by atoms with E-state index in [1.807, 2.05) is 48.1 Å². The molecule has 2 fully saturated rings. The number of aryl methyl sites for hydroxylation is 1. The standard InChI is InChI=1S/C24H25N5O3S/c1-28-14-12-25-21(28)20-19(15-7-3-2-4-8-15)27-24(33-20)26-18(30)11-13-29-22(31)16-9-5-6-10-17(16)23(29)32/h2-4,7-8,12,14,16-17H,5-6,9-11,13H2,1H3,(H,26,27,30)/t16-,17-/m1/s1. The Morgan fingerprint density at radius 2 is 1.82 bits per heavy atom. The Hall–Kier alpha value is -3.33. The number of hydrogen-bond acceptors (Lipinski definition) is 6. The van der Waals surface area contributed by atoms with Gasteiger partial charge in [0.15, 0.2) is 11.0 Å². The molecule has 1 aliphatic heterocycles. The van der Waals surface area contributed by atoms with Crippen LogP contribution < -0.4 is 5.32 Å². The fraction of sp³-hybridized carbons (Fsp3) is 0.375. The van der Waals surface area contributed by atoms with E-state index >= 15 is 0 Å². The molecule has 3 heterocycles. The second-order valence-electron chi connectivity index (χ2n) is 8.55. The van der Waals surface area contributed by atoms with Gasteiger partial charge in [0.2, 0.25) is 17.7 Å². The highest BCUT2D eigenvalue weighted by Crippen LogP contribution is 2.39. The number of nitrogens with one attached hydrogen (secondary N) is 1. The predicted octanol–water partition coefficient (Wildman–Crippen LogP) is 3.71. The monoisotopic (exact) mass is 463 g/mol. The van der Waals surface area contributed by atoms with Gasteiger partial charge in [-0.1, -0.05) is 54.5 Å². The largest absolute Gasteiger partial charge is 0.333 e. The number of fused-ring (bicyclic) bond motifs is 1. The number of likely N-dealkylation sites (tertiary alicyclic amines) is 1. The van der Waals surface area contributed by atoms with Crippen LogP contribution in [0.15, 0.2) is 42.7 Å². The Morgan fingerprint density at radius 3 is 2.45 bits per heavy atom. The molecule has 2 atom stereocenters. The molecule has 1 aromatic carbocycles. The van der Waals surface area contributed by atoms with Gasteiger partial charge in [0.1, 0.15) is 0 Å². The van der Waals surface area contributed by atoms with Gasteiger partial charge >= 0.3 is 0 Å². The minimum Gasteiger partial charge on any atom is -0.333 e. The quantitative estimate of drug-likeness (QED) is 0.562. The van der Waals surface area contributed by atoms with Crippen molar-refractivity contribution in [1.29, 1.82) is 0 Å². The van der Waals surface area contributed by atoms with Crippen LogP contribution in [0.5, 0.6) is 0 Å². The van der Waals surface area contributed by atoms with Crippen molar-refractivity contribution in [2.45, 2.75) is 32.1 Å². The molecule has 0 radical (unpaired) electrons. The van der Waals surface area contributed by atoms with E-state index in [0.29, 0.717) is 5.13 Å². The fourth-order valence-electron chi connectivity index (χ4n) is 4.75. The molecule has 8 nitrogen and oxygen atoms in total. The Kier molecular flexibility index (Phi) is 5.80. The molecular weight excluding hydrogens is 438 g/mol. The van der Waals surface area contributed by atoms with Crippen molar-refractivity contribution < 1.29 is 14.4 Å². The van der Waals surface area contributed by atoms with E-state index in [9.17, 15) is 14.4 Å². The van der Waals surface area contributed by atoms with E-state index in [1.165, 1.54) is 16.2 Å². The van der Waals surface area contributed by atoms with Crippen molar-refractivity contribution >= 4 is 34.2 Å². The molecule has 0 unspecified atom stereocenters. The van der Waals surface area contributed by atoms with E-state index in [4.69, 9.17) is 0 Å². The number of amides is 3. The van der Waals surface area contributed by atoms with Gasteiger partial charge in [0, 0.05) is 38.0 Å². The molecule has 1 saturated heterocycles. The average Bonchev–Trinajstić information content (AvgIpc) is 3.50. The van der Waals surface area contributed by atoms with Crippen molar-refractivity contribution in [2.75, 3.05) is 11.9 Å². The highest BCUT2D eigenvalue weighted by atomic mass is 32.1. The van der Waals surface area contributed by atoms with Gasteiger partial charge in [-0.05, 0) is 12.8 Å². The summed E-state index contributed by atoms with van der Waals surface area (Å²) in [5.74, 6) is -0.123. The molecule has 0 bridgehead atoms. The zero-order chi connectivity index (χ0) is 22.9. The number of rotatable bonds is 6. The van der Waals surface area contributed by atoms with Crippen molar-refractivity contribution in [3.63, 3.8) is 0 Å². The summed E-state index contributed by atoms with van der Waals surface area (Å²) < 4.78 is 1.91. The lowest BCUT2D eigenvalue weighted by Crippen LogP contribution is -2.34. The number of aromatic nitrogens is 3. The van der Waals surface area contributed by atoms with E-state index in [0.717, 1.165) is 47.6 Å². The first-order valence-corrected chi connectivity index (χ1v) is 12.0. The summed E-state index contributed by atoms with van der Waals surface area (Å²) in [5.41, 5.74) is 1.68. The van der Waals surface area contributed by atoms with Gasteiger partial charge in [-0.2, -0.15) is 0 Å². The SMILES string of the molecule is Cn1ccnc1-c1sc(NC(=O)CCN2C(=O)[C@@H]3CCCC[C@H]3C2=O)nc1-c1ccccc1. The Bertz CT molecular complexity index is 1180. The predicted molar refractivity (Wildman–Crippen MR) is 125 cm³/mol. The first-order valence-electron chi connectivity index (χ1n) is 11.2. The van der Waals surface area contributed by atoms with Gasteiger partial charge in [-0.3, -0.25) is 19.3 Å². The van der Waals surface area contributed by atoms with Crippen molar-refractivity contribution in [3.05, 3.63) is 42.7 Å². The fourth-order valence-corrected chi connectivity index (χ4v) is 5.79. The van der Waals surface area contributed by atoms with Gasteiger partial charge in [-0.25, -0.2) is 9.97 Å². The summed E-state index contributed by atoms with van der Waals surface area (Å²) in [6.07, 6.45) is 7.16. The number of anilines is 1. The third-order valence-corrected chi connectivity index (χ3v) is 7.41. The number of carbonyl (C=O) groups excluding carboxylic acids is 3. The molecule has 170 valence electrons. The Morgan fingerprint density at radius 1 is 1.12 bits per heavy atom. The molecular formula is C24H25N5O3S. The molecule has 9 heteroatoms. The van der Waals surface area contributed by atoms with E-state index in [-0.39, 0.29) is 42.5 Å². The van der Waals surface area contributed by atoms with Crippen molar-refractivity contribution in [2.24, 2.45) is 18.9 Å². The van der Waals surface area contributed by atoms with Crippen molar-refractivity contribution in [1.82, 2.24) is 19.4 Å². The maximum atomic E-state index is 12.7. The summed E-state index contributed by atoms with van der Waals surface area (Å²) in [4.78, 5) is 49.2. The first kappa shape index (κ1) is 21.5. The van der Waals surface area contributed by atoms with Crippen molar-refractivity contribution in [3.8, 4) is 22.0 Å². The number of nitrogens with zero attached hydrogens (tertiary/aromatic N) is 4. The number of imide groups is 1. The summed E-state index contributed by atoms with van der Waals surface area (Å²) >= 11 is 1.36. The van der Waals surface area contributed by atoms with Crippen LogP contribution in [-0.4, -0.2) is 43.7 Å². The molecule has 1 saturated carbocycles. The average molecular weight is 464 g/mol. The lowest BCUT2D eigenvalue weighted by molar-refractivity contribution is -0.140. The molecule has 5 rings (SSSR count). The number of hydrogen-bond donors (Lipinski definition) is 1. The zero-order valence-corrected chi connectivity index (χ0v) is 19.2. The van der Waals surface area contributed by atoms with Gasteiger partial charge in [-0.15, -0.1) is 0 Å². The van der Waals surface area contributed by atoms with Crippen LogP contribution in [0, 0.1) is 11.8 Å². The van der Waals surface area contributed by atoms with Crippen LogP contribution in [0.25, 0.3) is 22.0 Å². The molecule has 3 amide bonds. The van der Waals surface area contributed by atoms with Crippen LogP contribution in [0.4, 0.5) is 5.13 Å². The summed E-state index contributed by atoms with van der Waals surface area (Å²) in [7, 11) is 1.91.